The molecule has 150 valence electrons. The monoisotopic (exact) mass is 448 g/mol. The van der Waals surface area contributed by atoms with Gasteiger partial charge in [0, 0.05) is 5.56 Å². The van der Waals surface area contributed by atoms with Crippen molar-refractivity contribution in [1.29, 1.82) is 0 Å². The van der Waals surface area contributed by atoms with E-state index >= 15 is 0 Å². The lowest BCUT2D eigenvalue weighted by Crippen LogP contribution is -2.19. The second-order valence-electron chi connectivity index (χ2n) is 6.03. The number of aromatic hydroxyl groups is 1. The first-order valence-corrected chi connectivity index (χ1v) is 10.3. The molecule has 29 heavy (non-hydrogen) atoms. The summed E-state index contributed by atoms with van der Waals surface area (Å²) in [5.74, 6) is 0.191. The lowest BCUT2D eigenvalue weighted by atomic mass is 10.1. The first-order valence-electron chi connectivity index (χ1n) is 8.75. The van der Waals surface area contributed by atoms with Crippen LogP contribution >= 0.6 is 35.0 Å². The zero-order valence-corrected chi connectivity index (χ0v) is 17.9. The Kier molecular flexibility index (Phi) is 6.90. The Bertz CT molecular complexity index is 1030. The molecule has 0 radical (unpaired) electrons. The van der Waals surface area contributed by atoms with Gasteiger partial charge in [-0.05, 0) is 67.1 Å². The fourth-order valence-corrected chi connectivity index (χ4v) is 3.79. The minimum absolute atomic E-state index is 0.0827. The summed E-state index contributed by atoms with van der Waals surface area (Å²) >= 11 is 13.1. The molecule has 1 fully saturated rings. The van der Waals surface area contributed by atoms with Crippen molar-refractivity contribution >= 4 is 57.8 Å². The van der Waals surface area contributed by atoms with E-state index in [2.05, 4.69) is 16.9 Å². The molecule has 0 bridgehead atoms. The van der Waals surface area contributed by atoms with Crippen LogP contribution in [0.2, 0.25) is 10.0 Å². The lowest BCUT2D eigenvalue weighted by Gasteiger charge is -2.11. The number of carbonyl (C=O) groups excluding carboxylic acids is 1. The van der Waals surface area contributed by atoms with Gasteiger partial charge in [0.1, 0.15) is 0 Å². The van der Waals surface area contributed by atoms with Gasteiger partial charge in [0.25, 0.3) is 5.91 Å². The van der Waals surface area contributed by atoms with E-state index in [4.69, 9.17) is 27.9 Å². The first kappa shape index (κ1) is 21.3. The number of rotatable bonds is 6. The molecule has 2 N–H and O–H groups in total. The van der Waals surface area contributed by atoms with Crippen LogP contribution in [0.3, 0.4) is 0 Å². The smallest absolute Gasteiger partial charge is 0.264 e. The van der Waals surface area contributed by atoms with Gasteiger partial charge < -0.3 is 15.2 Å². The van der Waals surface area contributed by atoms with Crippen LogP contribution in [0.15, 0.2) is 52.9 Å². The maximum absolute atomic E-state index is 12.4. The summed E-state index contributed by atoms with van der Waals surface area (Å²) in [6, 6.07) is 8.48. The molecular weight excluding hydrogens is 431 g/mol. The number of hydrogen-bond acceptors (Lipinski definition) is 5. The maximum Gasteiger partial charge on any atom is 0.264 e. The highest BCUT2D eigenvalue weighted by molar-refractivity contribution is 8.18. The fourth-order valence-electron chi connectivity index (χ4n) is 2.65. The molecule has 3 rings (SSSR count). The van der Waals surface area contributed by atoms with Crippen molar-refractivity contribution in [3.8, 4) is 11.5 Å². The van der Waals surface area contributed by atoms with Crippen LogP contribution in [-0.2, 0) is 11.2 Å². The molecule has 0 atom stereocenters. The number of thioether (sulfide) groups is 1. The van der Waals surface area contributed by atoms with E-state index in [9.17, 15) is 9.90 Å². The van der Waals surface area contributed by atoms with Crippen LogP contribution in [0.1, 0.15) is 18.1 Å². The SMILES string of the molecule is C=CCc1cc(/C=C2\SC(=Nc3ccc(Cl)c(Cl)c3)NC2=O)cc(OCC)c1O. The van der Waals surface area contributed by atoms with Gasteiger partial charge in [-0.2, -0.15) is 0 Å². The van der Waals surface area contributed by atoms with Crippen molar-refractivity contribution in [2.45, 2.75) is 13.3 Å². The van der Waals surface area contributed by atoms with Crippen LogP contribution in [-0.4, -0.2) is 22.8 Å². The summed E-state index contributed by atoms with van der Waals surface area (Å²) in [5, 5.41) is 14.3. The summed E-state index contributed by atoms with van der Waals surface area (Å²) < 4.78 is 5.51. The molecule has 0 aliphatic carbocycles. The molecule has 1 heterocycles. The quantitative estimate of drug-likeness (QED) is 0.437. The fraction of sp³-hybridized carbons (Fsp3) is 0.143. The number of amidine groups is 1. The minimum atomic E-state index is -0.259. The van der Waals surface area contributed by atoms with Gasteiger partial charge >= 0.3 is 0 Å². The second-order valence-corrected chi connectivity index (χ2v) is 7.88. The van der Waals surface area contributed by atoms with Gasteiger partial charge in [0.2, 0.25) is 0 Å². The largest absolute Gasteiger partial charge is 0.504 e. The number of carbonyl (C=O) groups is 1. The summed E-state index contributed by atoms with van der Waals surface area (Å²) in [4.78, 5) is 17.2. The summed E-state index contributed by atoms with van der Waals surface area (Å²) in [5.41, 5.74) is 1.99. The molecule has 8 heteroatoms. The maximum atomic E-state index is 12.4. The van der Waals surface area contributed by atoms with Crippen LogP contribution in [0, 0.1) is 0 Å². The standard InChI is InChI=1S/C21H18Cl2N2O3S/c1-3-5-13-8-12(9-17(19(13)26)28-4-2)10-18-20(27)25-21(29-18)24-14-6-7-15(22)16(23)11-14/h3,6-11,26H,1,4-5H2,2H3,(H,24,25,27)/b18-10-. The Balaban J connectivity index is 1.90. The molecule has 5 nitrogen and oxygen atoms in total. The normalized spacial score (nSPS) is 16.3. The molecule has 2 aromatic rings. The number of benzene rings is 2. The molecule has 1 aliphatic heterocycles. The second kappa shape index (κ2) is 9.39. The topological polar surface area (TPSA) is 70.9 Å². The van der Waals surface area contributed by atoms with E-state index < -0.39 is 0 Å². The van der Waals surface area contributed by atoms with Crippen LogP contribution in [0.4, 0.5) is 5.69 Å². The van der Waals surface area contributed by atoms with Gasteiger partial charge in [0.15, 0.2) is 16.7 Å². The molecule has 1 saturated heterocycles. The highest BCUT2D eigenvalue weighted by Gasteiger charge is 2.24. The zero-order valence-electron chi connectivity index (χ0n) is 15.5. The summed E-state index contributed by atoms with van der Waals surface area (Å²) in [7, 11) is 0. The van der Waals surface area contributed by atoms with Gasteiger partial charge in [-0.3, -0.25) is 4.79 Å². The van der Waals surface area contributed by atoms with Gasteiger partial charge in [-0.15, -0.1) is 6.58 Å². The Hall–Kier alpha value is -2.41. The number of aliphatic imine (C=N–C) groups is 1. The van der Waals surface area contributed by atoms with Crippen LogP contribution < -0.4 is 10.1 Å². The number of ether oxygens (including phenoxy) is 1. The van der Waals surface area contributed by atoms with E-state index in [1.807, 2.05) is 6.92 Å². The van der Waals surface area contributed by atoms with Crippen molar-refractivity contribution in [3.05, 3.63) is 69.1 Å². The number of amides is 1. The van der Waals surface area contributed by atoms with Gasteiger partial charge in [0.05, 0.1) is 27.2 Å². The Labute approximate surface area is 183 Å². The number of halogens is 2. The number of nitrogens with one attached hydrogen (secondary N) is 1. The Morgan fingerprint density at radius 1 is 1.28 bits per heavy atom. The third kappa shape index (κ3) is 5.15. The number of allylic oxidation sites excluding steroid dienone is 1. The molecular formula is C21H18Cl2N2O3S. The number of nitrogens with zero attached hydrogens (tertiary/aromatic N) is 1. The third-order valence-electron chi connectivity index (χ3n) is 3.92. The van der Waals surface area contributed by atoms with E-state index in [0.29, 0.717) is 50.1 Å². The molecule has 0 unspecified atom stereocenters. The molecule has 1 amide bonds. The van der Waals surface area contributed by atoms with Gasteiger partial charge in [-0.25, -0.2) is 4.99 Å². The van der Waals surface area contributed by atoms with E-state index in [1.54, 1.807) is 42.5 Å². The minimum Gasteiger partial charge on any atom is -0.504 e. The van der Waals surface area contributed by atoms with E-state index in [-0.39, 0.29) is 11.7 Å². The van der Waals surface area contributed by atoms with Crippen LogP contribution in [0.25, 0.3) is 6.08 Å². The van der Waals surface area contributed by atoms with Crippen molar-refractivity contribution < 1.29 is 14.6 Å². The van der Waals surface area contributed by atoms with Crippen molar-refractivity contribution in [2.75, 3.05) is 6.61 Å². The summed E-state index contributed by atoms with van der Waals surface area (Å²) in [6.07, 6.45) is 3.90. The van der Waals surface area contributed by atoms with E-state index in [1.165, 1.54) is 11.8 Å². The highest BCUT2D eigenvalue weighted by atomic mass is 35.5. The number of phenols is 1. The summed E-state index contributed by atoms with van der Waals surface area (Å²) in [6.45, 7) is 5.96. The first-order chi connectivity index (χ1) is 13.9. The van der Waals surface area contributed by atoms with Crippen LogP contribution in [0.5, 0.6) is 11.5 Å². The van der Waals surface area contributed by atoms with Crippen molar-refractivity contribution in [2.24, 2.45) is 4.99 Å². The molecule has 2 aromatic carbocycles. The molecule has 0 aromatic heterocycles. The van der Waals surface area contributed by atoms with Crippen molar-refractivity contribution in [3.63, 3.8) is 0 Å². The highest BCUT2D eigenvalue weighted by Crippen LogP contribution is 2.35. The predicted molar refractivity (Wildman–Crippen MR) is 120 cm³/mol. The Morgan fingerprint density at radius 3 is 2.76 bits per heavy atom. The van der Waals surface area contributed by atoms with Crippen molar-refractivity contribution in [1.82, 2.24) is 5.32 Å². The molecule has 0 saturated carbocycles. The molecule has 0 spiro atoms. The Morgan fingerprint density at radius 2 is 2.07 bits per heavy atom. The van der Waals surface area contributed by atoms with E-state index in [0.717, 1.165) is 5.56 Å². The third-order valence-corrected chi connectivity index (χ3v) is 5.57. The number of phenolic OH excluding ortho intramolecular Hbond substituents is 1. The lowest BCUT2D eigenvalue weighted by molar-refractivity contribution is -0.115. The average molecular weight is 449 g/mol. The average Bonchev–Trinajstić information content (AvgIpc) is 3.01. The molecule has 1 aliphatic rings. The zero-order chi connectivity index (χ0) is 21.0. The predicted octanol–water partition coefficient (Wildman–Crippen LogP) is 5.72. The van der Waals surface area contributed by atoms with Gasteiger partial charge in [-0.1, -0.05) is 29.3 Å². The number of hydrogen-bond donors (Lipinski definition) is 2.